The van der Waals surface area contributed by atoms with Crippen LogP contribution >= 0.6 is 0 Å². The van der Waals surface area contributed by atoms with Crippen LogP contribution in [-0.2, 0) is 12.7 Å². The van der Waals surface area contributed by atoms with E-state index in [2.05, 4.69) is 4.98 Å². The first kappa shape index (κ1) is 17.8. The highest BCUT2D eigenvalue weighted by atomic mass is 19.4. The molecule has 2 aromatic heterocycles. The lowest BCUT2D eigenvalue weighted by Crippen LogP contribution is -2.38. The third-order valence-corrected chi connectivity index (χ3v) is 2.89. The number of aromatic nitrogens is 1. The van der Waals surface area contributed by atoms with E-state index in [1.807, 2.05) is 0 Å². The molecule has 0 aliphatic carbocycles. The fourth-order valence-corrected chi connectivity index (χ4v) is 1.88. The molecule has 0 aliphatic rings. The van der Waals surface area contributed by atoms with E-state index in [9.17, 15) is 31.1 Å². The molecule has 0 saturated heterocycles. The minimum atomic E-state index is -4.71. The molecule has 4 nitrogen and oxygen atoms in total. The number of rotatable bonds is 4. The maximum atomic E-state index is 12.6. The number of hydrogen-bond acceptors (Lipinski definition) is 3. The summed E-state index contributed by atoms with van der Waals surface area (Å²) in [5.41, 5.74) is -1.63. The molecule has 2 rings (SSSR count). The van der Waals surface area contributed by atoms with E-state index in [4.69, 9.17) is 4.42 Å². The number of hydrogen-bond donors (Lipinski definition) is 0. The van der Waals surface area contributed by atoms with Crippen molar-refractivity contribution in [1.82, 2.24) is 9.88 Å². The van der Waals surface area contributed by atoms with E-state index in [0.717, 1.165) is 6.07 Å². The number of halogens is 6. The van der Waals surface area contributed by atoms with Crippen molar-refractivity contribution in [2.75, 3.05) is 6.54 Å². The van der Waals surface area contributed by atoms with Crippen LogP contribution in [0.4, 0.5) is 26.3 Å². The Morgan fingerprint density at radius 2 is 1.83 bits per heavy atom. The summed E-state index contributed by atoms with van der Waals surface area (Å²) in [6.07, 6.45) is -7.56. The van der Waals surface area contributed by atoms with Gasteiger partial charge in [-0.2, -0.15) is 26.3 Å². The predicted molar refractivity (Wildman–Crippen MR) is 68.7 cm³/mol. The molecule has 0 aliphatic heterocycles. The summed E-state index contributed by atoms with van der Waals surface area (Å²) in [5, 5.41) is 0. The summed E-state index contributed by atoms with van der Waals surface area (Å²) in [4.78, 5) is 15.7. The summed E-state index contributed by atoms with van der Waals surface area (Å²) in [5.74, 6) is -1.00. The van der Waals surface area contributed by atoms with Gasteiger partial charge in [0.2, 0.25) is 0 Å². The topological polar surface area (TPSA) is 46.3 Å². The monoisotopic (exact) mass is 352 g/mol. The molecule has 1 amide bonds. The van der Waals surface area contributed by atoms with Crippen molar-refractivity contribution in [3.63, 3.8) is 0 Å². The fourth-order valence-electron chi connectivity index (χ4n) is 1.88. The molecular formula is C14H10F6N2O2. The minimum absolute atomic E-state index is 0.104. The molecular weight excluding hydrogens is 342 g/mol. The van der Waals surface area contributed by atoms with Crippen LogP contribution in [-0.4, -0.2) is 28.5 Å². The second-order valence-electron chi connectivity index (χ2n) is 4.79. The van der Waals surface area contributed by atoms with Crippen LogP contribution in [0, 0.1) is 0 Å². The van der Waals surface area contributed by atoms with Crippen molar-refractivity contribution in [3.8, 4) is 0 Å². The maximum Gasteiger partial charge on any atom is 0.433 e. The van der Waals surface area contributed by atoms with Crippen LogP contribution < -0.4 is 0 Å². The molecule has 0 atom stereocenters. The summed E-state index contributed by atoms with van der Waals surface area (Å²) in [6, 6.07) is 4.13. The molecule has 24 heavy (non-hydrogen) atoms. The zero-order valence-electron chi connectivity index (χ0n) is 11.9. The first-order chi connectivity index (χ1) is 11.1. The van der Waals surface area contributed by atoms with Gasteiger partial charge in [0, 0.05) is 6.20 Å². The van der Waals surface area contributed by atoms with Gasteiger partial charge in [-0.1, -0.05) is 0 Å². The first-order valence-electron chi connectivity index (χ1n) is 6.48. The van der Waals surface area contributed by atoms with E-state index >= 15 is 0 Å². The molecule has 130 valence electrons. The van der Waals surface area contributed by atoms with Crippen molar-refractivity contribution in [2.24, 2.45) is 0 Å². The molecule has 0 fully saturated rings. The Morgan fingerprint density at radius 3 is 2.29 bits per heavy atom. The van der Waals surface area contributed by atoms with Gasteiger partial charge in [-0.25, -0.2) is 0 Å². The van der Waals surface area contributed by atoms with E-state index in [-0.39, 0.29) is 11.3 Å². The van der Waals surface area contributed by atoms with Crippen LogP contribution in [0.2, 0.25) is 0 Å². The van der Waals surface area contributed by atoms with Crippen molar-refractivity contribution in [3.05, 3.63) is 53.7 Å². The fraction of sp³-hybridized carbons (Fsp3) is 0.286. The van der Waals surface area contributed by atoms with Crippen LogP contribution in [0.1, 0.15) is 21.8 Å². The molecule has 0 bridgehead atoms. The number of carbonyl (C=O) groups excluding carboxylic acids is 1. The Labute approximate surface area is 131 Å². The zero-order valence-corrected chi connectivity index (χ0v) is 11.9. The SMILES string of the molecule is O=C(c1ccc(C(F)(F)F)nc1)N(Cc1ccco1)CC(F)(F)F. The molecule has 0 spiro atoms. The molecule has 0 aromatic carbocycles. The average molecular weight is 352 g/mol. The van der Waals surface area contributed by atoms with Gasteiger partial charge in [0.15, 0.2) is 0 Å². The van der Waals surface area contributed by atoms with Gasteiger partial charge in [-0.05, 0) is 24.3 Å². The lowest BCUT2D eigenvalue weighted by Gasteiger charge is -2.23. The van der Waals surface area contributed by atoms with Crippen molar-refractivity contribution >= 4 is 5.91 Å². The van der Waals surface area contributed by atoms with Crippen molar-refractivity contribution < 1.29 is 35.6 Å². The maximum absolute atomic E-state index is 12.6. The average Bonchev–Trinajstić information content (AvgIpc) is 2.96. The summed E-state index contributed by atoms with van der Waals surface area (Å²) >= 11 is 0. The summed E-state index contributed by atoms with van der Waals surface area (Å²) < 4.78 is 80.1. The third kappa shape index (κ3) is 4.74. The summed E-state index contributed by atoms with van der Waals surface area (Å²) in [7, 11) is 0. The largest absolute Gasteiger partial charge is 0.467 e. The number of carbonyl (C=O) groups is 1. The highest BCUT2D eigenvalue weighted by molar-refractivity contribution is 5.93. The van der Waals surface area contributed by atoms with E-state index in [1.165, 1.54) is 18.4 Å². The first-order valence-corrected chi connectivity index (χ1v) is 6.48. The van der Waals surface area contributed by atoms with Gasteiger partial charge in [0.25, 0.3) is 5.91 Å². The number of alkyl halides is 6. The number of nitrogens with zero attached hydrogens (tertiary/aromatic N) is 2. The van der Waals surface area contributed by atoms with Crippen LogP contribution in [0.15, 0.2) is 41.1 Å². The van der Waals surface area contributed by atoms with Gasteiger partial charge < -0.3 is 9.32 Å². The van der Waals surface area contributed by atoms with Crippen LogP contribution in [0.25, 0.3) is 0 Å². The summed E-state index contributed by atoms with van der Waals surface area (Å²) in [6.45, 7) is -2.06. The quantitative estimate of drug-likeness (QED) is 0.784. The lowest BCUT2D eigenvalue weighted by molar-refractivity contribution is -0.142. The van der Waals surface area contributed by atoms with Crippen LogP contribution in [0.5, 0.6) is 0 Å². The smallest absolute Gasteiger partial charge is 0.433 e. The Kier molecular flexibility index (Phi) is 4.86. The second-order valence-corrected chi connectivity index (χ2v) is 4.79. The minimum Gasteiger partial charge on any atom is -0.467 e. The Balaban J connectivity index is 2.23. The van der Waals surface area contributed by atoms with E-state index < -0.39 is 37.0 Å². The highest BCUT2D eigenvalue weighted by Crippen LogP contribution is 2.27. The standard InChI is InChI=1S/C14H10F6N2O2/c15-13(16,17)8-22(7-10-2-1-5-24-10)12(23)9-3-4-11(21-6-9)14(18,19)20/h1-6H,7-8H2. The van der Waals surface area contributed by atoms with Gasteiger partial charge in [0.05, 0.1) is 18.4 Å². The third-order valence-electron chi connectivity index (χ3n) is 2.89. The van der Waals surface area contributed by atoms with Gasteiger partial charge >= 0.3 is 12.4 Å². The van der Waals surface area contributed by atoms with Crippen molar-refractivity contribution in [1.29, 1.82) is 0 Å². The van der Waals surface area contributed by atoms with Gasteiger partial charge in [0.1, 0.15) is 18.0 Å². The molecule has 2 aromatic rings. The normalized spacial score (nSPS) is 12.2. The van der Waals surface area contributed by atoms with Crippen LogP contribution in [0.3, 0.4) is 0 Å². The highest BCUT2D eigenvalue weighted by Gasteiger charge is 2.35. The zero-order chi connectivity index (χ0) is 18.0. The Morgan fingerprint density at radius 1 is 1.12 bits per heavy atom. The van der Waals surface area contributed by atoms with Gasteiger partial charge in [-0.3, -0.25) is 9.78 Å². The lowest BCUT2D eigenvalue weighted by atomic mass is 10.2. The van der Waals surface area contributed by atoms with Gasteiger partial charge in [-0.15, -0.1) is 0 Å². The van der Waals surface area contributed by atoms with E-state index in [0.29, 0.717) is 17.2 Å². The molecule has 10 heteroatoms. The number of furan rings is 1. The molecule has 0 saturated carbocycles. The molecule has 2 heterocycles. The number of pyridine rings is 1. The Bertz CT molecular complexity index is 677. The predicted octanol–water partition coefficient (Wildman–Crippen LogP) is 3.90. The number of amides is 1. The van der Waals surface area contributed by atoms with E-state index in [1.54, 1.807) is 0 Å². The molecule has 0 N–H and O–H groups in total. The molecule has 0 unspecified atom stereocenters. The van der Waals surface area contributed by atoms with Crippen molar-refractivity contribution in [2.45, 2.75) is 18.9 Å². The second kappa shape index (κ2) is 6.54. The molecule has 0 radical (unpaired) electrons. The Hall–Kier alpha value is -2.52.